The minimum Gasteiger partial charge on any atom is -0.459 e. The molecule has 0 amide bonds. The second kappa shape index (κ2) is 6.09. The zero-order valence-corrected chi connectivity index (χ0v) is 13.3. The number of anilines is 1. The van der Waals surface area contributed by atoms with E-state index in [1.54, 1.807) is 12.1 Å². The molecule has 1 aliphatic heterocycles. The molecule has 1 aliphatic rings. The van der Waals surface area contributed by atoms with Gasteiger partial charge in [0, 0.05) is 17.3 Å². The van der Waals surface area contributed by atoms with E-state index in [9.17, 15) is 4.39 Å². The van der Waals surface area contributed by atoms with Crippen molar-refractivity contribution in [1.29, 1.82) is 0 Å². The van der Waals surface area contributed by atoms with E-state index in [0.717, 1.165) is 28.5 Å². The van der Waals surface area contributed by atoms with Crippen molar-refractivity contribution in [2.45, 2.75) is 6.54 Å². The van der Waals surface area contributed by atoms with E-state index in [4.69, 9.17) is 25.5 Å². The average molecular weight is 346 g/mol. The number of rotatable bonds is 4. The maximum absolute atomic E-state index is 13.2. The lowest BCUT2D eigenvalue weighted by molar-refractivity contribution is 0.174. The Bertz CT molecular complexity index is 894. The van der Waals surface area contributed by atoms with Gasteiger partial charge in [0.1, 0.15) is 17.3 Å². The summed E-state index contributed by atoms with van der Waals surface area (Å²) in [6.07, 6.45) is 0. The Labute approximate surface area is 142 Å². The van der Waals surface area contributed by atoms with Gasteiger partial charge in [0.2, 0.25) is 6.79 Å². The number of hydrogen-bond acceptors (Lipinski definition) is 4. The molecule has 0 fully saturated rings. The molecule has 2 heterocycles. The van der Waals surface area contributed by atoms with Crippen molar-refractivity contribution in [2.24, 2.45) is 0 Å². The molecule has 3 aromatic rings. The first-order valence-corrected chi connectivity index (χ1v) is 7.74. The smallest absolute Gasteiger partial charge is 0.231 e. The summed E-state index contributed by atoms with van der Waals surface area (Å²) < 4.78 is 29.6. The van der Waals surface area contributed by atoms with E-state index in [1.165, 1.54) is 6.07 Å². The fourth-order valence-corrected chi connectivity index (χ4v) is 2.65. The fourth-order valence-electron chi connectivity index (χ4n) is 2.47. The number of ether oxygens (including phenoxy) is 2. The SMILES string of the molecule is Fc1ccc(-c2ccc(CNc3ccc4c(c3)OCO4)o2)cc1Cl. The van der Waals surface area contributed by atoms with Crippen LogP contribution in [0.15, 0.2) is 52.9 Å². The van der Waals surface area contributed by atoms with Crippen molar-refractivity contribution >= 4 is 17.3 Å². The molecule has 1 aromatic heterocycles. The van der Waals surface area contributed by atoms with E-state index in [1.807, 2.05) is 30.3 Å². The highest BCUT2D eigenvalue weighted by molar-refractivity contribution is 6.31. The third-order valence-electron chi connectivity index (χ3n) is 3.71. The first kappa shape index (κ1) is 14.9. The zero-order chi connectivity index (χ0) is 16.5. The number of furan rings is 1. The third kappa shape index (κ3) is 2.90. The number of halogens is 2. The van der Waals surface area contributed by atoms with E-state index in [2.05, 4.69) is 5.32 Å². The predicted octanol–water partition coefficient (Wildman–Crippen LogP) is 5.08. The Morgan fingerprint density at radius 2 is 1.88 bits per heavy atom. The van der Waals surface area contributed by atoms with E-state index in [0.29, 0.717) is 12.3 Å². The third-order valence-corrected chi connectivity index (χ3v) is 3.99. The second-order valence-electron chi connectivity index (χ2n) is 5.32. The fraction of sp³-hybridized carbons (Fsp3) is 0.111. The standard InChI is InChI=1S/C18H13ClFNO3/c19-14-7-11(1-4-15(14)20)16-6-3-13(24-16)9-21-12-2-5-17-18(8-12)23-10-22-17/h1-8,21H,9-10H2. The highest BCUT2D eigenvalue weighted by Crippen LogP contribution is 2.34. The molecule has 0 saturated carbocycles. The van der Waals surface area contributed by atoms with Crippen molar-refractivity contribution in [1.82, 2.24) is 0 Å². The molecule has 4 nitrogen and oxygen atoms in total. The van der Waals surface area contributed by atoms with Crippen LogP contribution in [-0.4, -0.2) is 6.79 Å². The molecule has 6 heteroatoms. The normalized spacial score (nSPS) is 12.4. The number of fused-ring (bicyclic) bond motifs is 1. The molecule has 0 bridgehead atoms. The Hall–Kier alpha value is -2.66. The quantitative estimate of drug-likeness (QED) is 0.716. The first-order chi connectivity index (χ1) is 11.7. The van der Waals surface area contributed by atoms with Crippen molar-refractivity contribution in [3.63, 3.8) is 0 Å². The van der Waals surface area contributed by atoms with Gasteiger partial charge in [0.25, 0.3) is 0 Å². The minimum absolute atomic E-state index is 0.0731. The van der Waals surface area contributed by atoms with Gasteiger partial charge in [-0.25, -0.2) is 4.39 Å². The highest BCUT2D eigenvalue weighted by atomic mass is 35.5. The van der Waals surface area contributed by atoms with Gasteiger partial charge >= 0.3 is 0 Å². The van der Waals surface area contributed by atoms with Crippen LogP contribution >= 0.6 is 11.6 Å². The summed E-state index contributed by atoms with van der Waals surface area (Å²) >= 11 is 5.81. The molecule has 4 rings (SSSR count). The largest absolute Gasteiger partial charge is 0.459 e. The maximum atomic E-state index is 13.2. The number of hydrogen-bond donors (Lipinski definition) is 1. The summed E-state index contributed by atoms with van der Waals surface area (Å²) in [6.45, 7) is 0.759. The molecule has 0 spiro atoms. The van der Waals surface area contributed by atoms with E-state index >= 15 is 0 Å². The van der Waals surface area contributed by atoms with Gasteiger partial charge in [-0.3, -0.25) is 0 Å². The Morgan fingerprint density at radius 3 is 2.75 bits per heavy atom. The molecule has 0 atom stereocenters. The van der Waals surface area contributed by atoms with Crippen LogP contribution in [0.25, 0.3) is 11.3 Å². The Morgan fingerprint density at radius 1 is 1.00 bits per heavy atom. The summed E-state index contributed by atoms with van der Waals surface area (Å²) in [7, 11) is 0. The summed E-state index contributed by atoms with van der Waals surface area (Å²) in [6, 6.07) is 13.9. The Kier molecular flexibility index (Phi) is 3.78. The van der Waals surface area contributed by atoms with Crippen molar-refractivity contribution in [2.75, 3.05) is 12.1 Å². The van der Waals surface area contributed by atoms with Gasteiger partial charge in [-0.1, -0.05) is 11.6 Å². The van der Waals surface area contributed by atoms with E-state index < -0.39 is 5.82 Å². The lowest BCUT2D eigenvalue weighted by atomic mass is 10.2. The van der Waals surface area contributed by atoms with Crippen LogP contribution < -0.4 is 14.8 Å². The van der Waals surface area contributed by atoms with Crippen molar-refractivity contribution < 1.29 is 18.3 Å². The molecule has 0 saturated heterocycles. The van der Waals surface area contributed by atoms with Gasteiger partial charge in [-0.2, -0.15) is 0 Å². The van der Waals surface area contributed by atoms with Gasteiger partial charge in [-0.05, 0) is 42.5 Å². The summed E-state index contributed by atoms with van der Waals surface area (Å²) in [5, 5.41) is 3.33. The Balaban J connectivity index is 1.46. The summed E-state index contributed by atoms with van der Waals surface area (Å²) in [5.41, 5.74) is 1.64. The average Bonchev–Trinajstić information content (AvgIpc) is 3.24. The van der Waals surface area contributed by atoms with Crippen LogP contribution in [-0.2, 0) is 6.54 Å². The molecular formula is C18H13ClFNO3. The first-order valence-electron chi connectivity index (χ1n) is 7.37. The molecule has 0 unspecified atom stereocenters. The second-order valence-corrected chi connectivity index (χ2v) is 5.72. The van der Waals surface area contributed by atoms with Gasteiger partial charge in [-0.15, -0.1) is 0 Å². The van der Waals surface area contributed by atoms with Gasteiger partial charge in [0.05, 0.1) is 11.6 Å². The molecule has 0 radical (unpaired) electrons. The van der Waals surface area contributed by atoms with Crippen LogP contribution in [0, 0.1) is 5.82 Å². The molecule has 2 aromatic carbocycles. The molecule has 24 heavy (non-hydrogen) atoms. The van der Waals surface area contributed by atoms with Crippen LogP contribution in [0.2, 0.25) is 5.02 Å². The maximum Gasteiger partial charge on any atom is 0.231 e. The molecule has 0 aliphatic carbocycles. The lowest BCUT2D eigenvalue weighted by Crippen LogP contribution is -1.97. The lowest BCUT2D eigenvalue weighted by Gasteiger charge is -2.05. The molecular weight excluding hydrogens is 333 g/mol. The van der Waals surface area contributed by atoms with Crippen LogP contribution in [0.5, 0.6) is 11.5 Å². The summed E-state index contributed by atoms with van der Waals surface area (Å²) in [5.74, 6) is 2.41. The molecule has 122 valence electrons. The van der Waals surface area contributed by atoms with E-state index in [-0.39, 0.29) is 11.8 Å². The predicted molar refractivity (Wildman–Crippen MR) is 89.0 cm³/mol. The number of nitrogens with one attached hydrogen (secondary N) is 1. The van der Waals surface area contributed by atoms with Gasteiger partial charge in [0.15, 0.2) is 11.5 Å². The summed E-state index contributed by atoms with van der Waals surface area (Å²) in [4.78, 5) is 0. The van der Waals surface area contributed by atoms with Crippen LogP contribution in [0.1, 0.15) is 5.76 Å². The number of benzene rings is 2. The van der Waals surface area contributed by atoms with Crippen molar-refractivity contribution in [3.8, 4) is 22.8 Å². The van der Waals surface area contributed by atoms with Crippen molar-refractivity contribution in [3.05, 3.63) is 65.1 Å². The van der Waals surface area contributed by atoms with Gasteiger partial charge < -0.3 is 19.2 Å². The zero-order valence-electron chi connectivity index (χ0n) is 12.5. The monoisotopic (exact) mass is 345 g/mol. The molecule has 1 N–H and O–H groups in total. The topological polar surface area (TPSA) is 43.6 Å². The van der Waals surface area contributed by atoms with Crippen LogP contribution in [0.3, 0.4) is 0 Å². The highest BCUT2D eigenvalue weighted by Gasteiger charge is 2.13. The van der Waals surface area contributed by atoms with Crippen LogP contribution in [0.4, 0.5) is 10.1 Å². The minimum atomic E-state index is -0.448.